The molecule has 0 amide bonds. The lowest BCUT2D eigenvalue weighted by Gasteiger charge is -2.16. The van der Waals surface area contributed by atoms with E-state index >= 15 is 0 Å². The summed E-state index contributed by atoms with van der Waals surface area (Å²) in [5.41, 5.74) is 0.803. The summed E-state index contributed by atoms with van der Waals surface area (Å²) in [6.45, 7) is 2.79. The molecule has 0 radical (unpaired) electrons. The molecule has 0 saturated carbocycles. The van der Waals surface area contributed by atoms with Gasteiger partial charge < -0.3 is 19.5 Å². The van der Waals surface area contributed by atoms with Crippen molar-refractivity contribution in [2.45, 2.75) is 24.3 Å². The molecule has 28 heavy (non-hydrogen) atoms. The van der Waals surface area contributed by atoms with E-state index in [1.165, 1.54) is 38.5 Å². The van der Waals surface area contributed by atoms with Crippen LogP contribution in [0.4, 0.5) is 4.39 Å². The standard InChI is InChI=1S/C19H25FN2O5S/c1-13(10-14-4-6-17(26-3)19(11-14)28(21,23)24)22-8-9-27-18-12-15(20)5-7-16(18)25-2/h4-7,11-13,22H,8-10H2,1-3H3,(H2,21,23,24)/t13-/m1/s1. The Morgan fingerprint density at radius 3 is 2.39 bits per heavy atom. The number of benzene rings is 2. The second kappa shape index (κ2) is 9.72. The van der Waals surface area contributed by atoms with Gasteiger partial charge in [-0.3, -0.25) is 0 Å². The third-order valence-corrected chi connectivity index (χ3v) is 4.99. The molecular formula is C19H25FN2O5S. The number of sulfonamides is 1. The molecule has 7 nitrogen and oxygen atoms in total. The summed E-state index contributed by atoms with van der Waals surface area (Å²) in [6, 6.07) is 9.01. The molecule has 0 aliphatic rings. The lowest BCUT2D eigenvalue weighted by Crippen LogP contribution is -2.32. The van der Waals surface area contributed by atoms with E-state index in [-0.39, 0.29) is 16.7 Å². The summed E-state index contributed by atoms with van der Waals surface area (Å²) in [5.74, 6) is 0.611. The predicted molar refractivity (Wildman–Crippen MR) is 104 cm³/mol. The molecule has 154 valence electrons. The van der Waals surface area contributed by atoms with E-state index in [4.69, 9.17) is 19.3 Å². The molecule has 2 aromatic rings. The molecule has 0 heterocycles. The van der Waals surface area contributed by atoms with Crippen molar-refractivity contribution >= 4 is 10.0 Å². The lowest BCUT2D eigenvalue weighted by atomic mass is 10.1. The Kier molecular flexibility index (Phi) is 7.61. The van der Waals surface area contributed by atoms with Gasteiger partial charge in [0.15, 0.2) is 11.5 Å². The van der Waals surface area contributed by atoms with Crippen LogP contribution < -0.4 is 24.7 Å². The average Bonchev–Trinajstić information content (AvgIpc) is 2.64. The van der Waals surface area contributed by atoms with Crippen molar-refractivity contribution in [3.8, 4) is 17.2 Å². The van der Waals surface area contributed by atoms with E-state index in [0.29, 0.717) is 31.1 Å². The van der Waals surface area contributed by atoms with Crippen molar-refractivity contribution in [1.29, 1.82) is 0 Å². The maximum Gasteiger partial charge on any atom is 0.241 e. The highest BCUT2D eigenvalue weighted by Crippen LogP contribution is 2.27. The molecule has 0 aromatic heterocycles. The number of hydrogen-bond acceptors (Lipinski definition) is 6. The highest BCUT2D eigenvalue weighted by atomic mass is 32.2. The van der Waals surface area contributed by atoms with Crippen LogP contribution in [0.3, 0.4) is 0 Å². The van der Waals surface area contributed by atoms with Crippen LogP contribution in [-0.4, -0.2) is 41.8 Å². The van der Waals surface area contributed by atoms with Crippen LogP contribution in [0.15, 0.2) is 41.3 Å². The number of hydrogen-bond donors (Lipinski definition) is 2. The molecule has 0 fully saturated rings. The maximum absolute atomic E-state index is 13.3. The van der Waals surface area contributed by atoms with Crippen LogP contribution in [0.1, 0.15) is 12.5 Å². The number of halogens is 1. The monoisotopic (exact) mass is 412 g/mol. The Balaban J connectivity index is 1.90. The van der Waals surface area contributed by atoms with E-state index < -0.39 is 15.8 Å². The molecule has 2 aromatic carbocycles. The molecule has 0 aliphatic carbocycles. The number of rotatable bonds is 10. The summed E-state index contributed by atoms with van der Waals surface area (Å²) in [6.07, 6.45) is 0.579. The number of primary sulfonamides is 1. The van der Waals surface area contributed by atoms with Crippen molar-refractivity contribution in [3.05, 3.63) is 47.8 Å². The summed E-state index contributed by atoms with van der Waals surface area (Å²) >= 11 is 0. The smallest absolute Gasteiger partial charge is 0.241 e. The highest BCUT2D eigenvalue weighted by Gasteiger charge is 2.16. The summed E-state index contributed by atoms with van der Waals surface area (Å²) in [5, 5.41) is 8.51. The molecule has 2 rings (SSSR count). The molecule has 0 bridgehead atoms. The topological polar surface area (TPSA) is 99.9 Å². The Labute approximate surface area is 164 Å². The first-order chi connectivity index (χ1) is 13.2. The van der Waals surface area contributed by atoms with E-state index in [2.05, 4.69) is 5.32 Å². The quantitative estimate of drug-likeness (QED) is 0.580. The fraction of sp³-hybridized carbons (Fsp3) is 0.368. The molecule has 0 aliphatic heterocycles. The Morgan fingerprint density at radius 2 is 1.75 bits per heavy atom. The van der Waals surface area contributed by atoms with Gasteiger partial charge in [-0.1, -0.05) is 6.07 Å². The van der Waals surface area contributed by atoms with Gasteiger partial charge in [0.1, 0.15) is 23.1 Å². The second-order valence-corrected chi connectivity index (χ2v) is 7.76. The first-order valence-electron chi connectivity index (χ1n) is 8.64. The van der Waals surface area contributed by atoms with Gasteiger partial charge in [-0.15, -0.1) is 0 Å². The van der Waals surface area contributed by atoms with Gasteiger partial charge in [0.2, 0.25) is 10.0 Å². The van der Waals surface area contributed by atoms with Crippen LogP contribution in [-0.2, 0) is 16.4 Å². The van der Waals surface area contributed by atoms with Gasteiger partial charge in [0.05, 0.1) is 14.2 Å². The van der Waals surface area contributed by atoms with E-state index in [1.54, 1.807) is 12.1 Å². The average molecular weight is 412 g/mol. The number of nitrogens with two attached hydrogens (primary N) is 1. The third-order valence-electron chi connectivity index (χ3n) is 4.05. The number of methoxy groups -OCH3 is 2. The first-order valence-corrected chi connectivity index (χ1v) is 10.2. The third kappa shape index (κ3) is 6.08. The predicted octanol–water partition coefficient (Wildman–Crippen LogP) is 2.09. The summed E-state index contributed by atoms with van der Waals surface area (Å²) in [7, 11) is -0.992. The summed E-state index contributed by atoms with van der Waals surface area (Å²) in [4.78, 5) is -0.0405. The molecule has 0 spiro atoms. The zero-order valence-corrected chi connectivity index (χ0v) is 16.9. The minimum Gasteiger partial charge on any atom is -0.495 e. The zero-order chi connectivity index (χ0) is 20.7. The molecule has 0 saturated heterocycles. The molecule has 3 N–H and O–H groups in total. The van der Waals surface area contributed by atoms with E-state index in [1.807, 2.05) is 6.92 Å². The van der Waals surface area contributed by atoms with Crippen molar-refractivity contribution in [1.82, 2.24) is 5.32 Å². The Hall–Kier alpha value is -2.36. The van der Waals surface area contributed by atoms with E-state index in [0.717, 1.165) is 5.56 Å². The van der Waals surface area contributed by atoms with Crippen molar-refractivity contribution in [3.63, 3.8) is 0 Å². The van der Waals surface area contributed by atoms with E-state index in [9.17, 15) is 12.8 Å². The van der Waals surface area contributed by atoms with Crippen LogP contribution in [0.2, 0.25) is 0 Å². The molecular weight excluding hydrogens is 387 g/mol. The van der Waals surface area contributed by atoms with Gasteiger partial charge >= 0.3 is 0 Å². The lowest BCUT2D eigenvalue weighted by molar-refractivity contribution is 0.285. The maximum atomic E-state index is 13.3. The van der Waals surface area contributed by atoms with Crippen molar-refractivity contribution in [2.24, 2.45) is 5.14 Å². The SMILES string of the molecule is COc1ccc(F)cc1OCCN[C@H](C)Cc1ccc(OC)c(S(N)(=O)=O)c1. The number of ether oxygens (including phenoxy) is 3. The van der Waals surface area contributed by atoms with Gasteiger partial charge in [-0.25, -0.2) is 17.9 Å². The van der Waals surface area contributed by atoms with Gasteiger partial charge in [-0.05, 0) is 43.2 Å². The fourth-order valence-corrected chi connectivity index (χ4v) is 3.47. The van der Waals surface area contributed by atoms with Gasteiger partial charge in [-0.2, -0.15) is 0 Å². The minimum absolute atomic E-state index is 0.0405. The number of nitrogens with one attached hydrogen (secondary N) is 1. The molecule has 1 atom stereocenters. The molecule has 9 heteroatoms. The normalized spacial score (nSPS) is 12.5. The van der Waals surface area contributed by atoms with Crippen molar-refractivity contribution in [2.75, 3.05) is 27.4 Å². The first kappa shape index (κ1) is 21.9. The van der Waals surface area contributed by atoms with Crippen molar-refractivity contribution < 1.29 is 27.0 Å². The van der Waals surface area contributed by atoms with Crippen LogP contribution in [0.25, 0.3) is 0 Å². The molecule has 0 unspecified atom stereocenters. The second-order valence-electron chi connectivity index (χ2n) is 6.23. The van der Waals surface area contributed by atoms with Crippen LogP contribution in [0, 0.1) is 5.82 Å². The highest BCUT2D eigenvalue weighted by molar-refractivity contribution is 7.89. The zero-order valence-electron chi connectivity index (χ0n) is 16.1. The minimum atomic E-state index is -3.87. The Bertz CT molecular complexity index is 905. The van der Waals surface area contributed by atoms with Gasteiger partial charge in [0.25, 0.3) is 0 Å². The van der Waals surface area contributed by atoms with Crippen LogP contribution in [0.5, 0.6) is 17.2 Å². The van der Waals surface area contributed by atoms with Crippen LogP contribution >= 0.6 is 0 Å². The van der Waals surface area contributed by atoms with Gasteiger partial charge in [0, 0.05) is 18.7 Å². The Morgan fingerprint density at radius 1 is 1.07 bits per heavy atom. The fourth-order valence-electron chi connectivity index (χ4n) is 2.73. The largest absolute Gasteiger partial charge is 0.495 e. The summed E-state index contributed by atoms with van der Waals surface area (Å²) < 4.78 is 52.5.